The van der Waals surface area contributed by atoms with Crippen LogP contribution in [-0.4, -0.2) is 28.2 Å². The van der Waals surface area contributed by atoms with Gasteiger partial charge in [0.2, 0.25) is 0 Å². The molecule has 7 heteroatoms. The Morgan fingerprint density at radius 1 is 1.24 bits per heavy atom. The van der Waals surface area contributed by atoms with Crippen LogP contribution >= 0.6 is 0 Å². The molecule has 1 aromatic rings. The first-order valence-electron chi connectivity index (χ1n) is 6.78. The molecule has 1 fully saturated rings. The van der Waals surface area contributed by atoms with Crippen molar-refractivity contribution in [2.24, 2.45) is 0 Å². The third-order valence-electron chi connectivity index (χ3n) is 3.92. The van der Waals surface area contributed by atoms with Gasteiger partial charge >= 0.3 is 7.12 Å². The van der Waals surface area contributed by atoms with Crippen molar-refractivity contribution in [1.82, 2.24) is 4.98 Å². The average Bonchev–Trinajstić information content (AvgIpc) is 2.55. The number of hydrogen-bond acceptors (Lipinski definition) is 5. The summed E-state index contributed by atoms with van der Waals surface area (Å²) in [5.41, 5.74) is 0.110. The van der Waals surface area contributed by atoms with Crippen LogP contribution in [-0.2, 0) is 9.31 Å². The van der Waals surface area contributed by atoms with Gasteiger partial charge in [0, 0.05) is 11.8 Å². The number of aromatic nitrogens is 1. The molecule has 0 aromatic carbocycles. The molecule has 0 spiro atoms. The van der Waals surface area contributed by atoms with E-state index in [2.05, 4.69) is 4.98 Å². The zero-order valence-electron chi connectivity index (χ0n) is 12.9. The largest absolute Gasteiger partial charge is 0.487 e. The Hall–Kier alpha value is -1.73. The molecule has 0 atom stereocenters. The molecule has 0 N–H and O–H groups in total. The van der Waals surface area contributed by atoms with E-state index in [4.69, 9.17) is 9.31 Å². The fourth-order valence-corrected chi connectivity index (χ4v) is 1.98. The van der Waals surface area contributed by atoms with Gasteiger partial charge in [-0.05, 0) is 46.8 Å². The van der Waals surface area contributed by atoms with Gasteiger partial charge in [0.1, 0.15) is 5.69 Å². The Kier molecular flexibility index (Phi) is 3.90. The van der Waals surface area contributed by atoms with E-state index < -0.39 is 23.2 Å². The first-order valence-corrected chi connectivity index (χ1v) is 6.78. The van der Waals surface area contributed by atoms with E-state index >= 15 is 0 Å². The van der Waals surface area contributed by atoms with E-state index in [1.807, 2.05) is 27.7 Å². The highest BCUT2D eigenvalue weighted by atomic mass is 16.7. The molecule has 0 amide bonds. The molecule has 2 rings (SSSR count). The van der Waals surface area contributed by atoms with E-state index in [1.54, 1.807) is 25.0 Å². The predicted octanol–water partition coefficient (Wildman–Crippen LogP) is 2.94. The van der Waals surface area contributed by atoms with Crippen molar-refractivity contribution >= 4 is 18.9 Å². The monoisotopic (exact) mass is 290 g/mol. The molecule has 0 saturated carbocycles. The smallest absolute Gasteiger partial charge is 0.400 e. The van der Waals surface area contributed by atoms with Crippen molar-refractivity contribution in [3.05, 3.63) is 39.6 Å². The molecule has 2 heterocycles. The highest BCUT2D eigenvalue weighted by Crippen LogP contribution is 2.37. The van der Waals surface area contributed by atoms with Crippen LogP contribution in [0, 0.1) is 17.0 Å². The standard InChI is InChI=1S/C14H19BN2O4/c1-10-6-7-12(17(18)19)11(16-10)8-9-15-20-13(2,3)14(4,5)21-15/h6-9H,1-5H3/b9-8+. The van der Waals surface area contributed by atoms with Crippen molar-refractivity contribution in [3.8, 4) is 0 Å². The van der Waals surface area contributed by atoms with Gasteiger partial charge in [0.15, 0.2) is 0 Å². The number of nitrogens with zero attached hydrogens (tertiary/aromatic N) is 2. The van der Waals surface area contributed by atoms with Crippen molar-refractivity contribution < 1.29 is 14.2 Å². The second-order valence-electron chi connectivity index (χ2n) is 6.10. The SMILES string of the molecule is Cc1ccc([N+](=O)[O-])c(/C=C/B2OC(C)(C)C(C)(C)O2)n1. The molecule has 0 bridgehead atoms. The van der Waals surface area contributed by atoms with Crippen LogP contribution in [0.1, 0.15) is 39.1 Å². The lowest BCUT2D eigenvalue weighted by Gasteiger charge is -2.32. The van der Waals surface area contributed by atoms with E-state index in [0.717, 1.165) is 0 Å². The summed E-state index contributed by atoms with van der Waals surface area (Å²) in [6, 6.07) is 3.07. The zero-order chi connectivity index (χ0) is 15.8. The number of pyridine rings is 1. The quantitative estimate of drug-likeness (QED) is 0.486. The molecule has 1 aromatic heterocycles. The molecule has 0 radical (unpaired) electrons. The topological polar surface area (TPSA) is 74.5 Å². The minimum Gasteiger partial charge on any atom is -0.400 e. The lowest BCUT2D eigenvalue weighted by atomic mass is 9.89. The van der Waals surface area contributed by atoms with Gasteiger partial charge in [0.25, 0.3) is 5.69 Å². The fraction of sp³-hybridized carbons (Fsp3) is 0.500. The summed E-state index contributed by atoms with van der Waals surface area (Å²) < 4.78 is 11.6. The van der Waals surface area contributed by atoms with Gasteiger partial charge in [-0.1, -0.05) is 5.98 Å². The van der Waals surface area contributed by atoms with Gasteiger partial charge in [-0.3, -0.25) is 10.1 Å². The normalized spacial score (nSPS) is 20.1. The van der Waals surface area contributed by atoms with Gasteiger partial charge in [-0.2, -0.15) is 0 Å². The average molecular weight is 290 g/mol. The summed E-state index contributed by atoms with van der Waals surface area (Å²) in [5.74, 6) is 1.66. The summed E-state index contributed by atoms with van der Waals surface area (Å²) in [5, 5.41) is 11.0. The first-order chi connectivity index (χ1) is 9.62. The molecular formula is C14H19BN2O4. The van der Waals surface area contributed by atoms with Gasteiger partial charge in [-0.15, -0.1) is 0 Å². The highest BCUT2D eigenvalue weighted by Gasteiger charge is 2.50. The number of aryl methyl sites for hydroxylation is 1. The lowest BCUT2D eigenvalue weighted by Crippen LogP contribution is -2.41. The maximum absolute atomic E-state index is 11.0. The van der Waals surface area contributed by atoms with Crippen LogP contribution in [0.5, 0.6) is 0 Å². The Labute approximate surface area is 124 Å². The van der Waals surface area contributed by atoms with Gasteiger partial charge < -0.3 is 9.31 Å². The molecule has 0 aliphatic carbocycles. The zero-order valence-corrected chi connectivity index (χ0v) is 12.9. The van der Waals surface area contributed by atoms with Gasteiger partial charge in [0.05, 0.1) is 16.1 Å². The van der Waals surface area contributed by atoms with Crippen molar-refractivity contribution in [1.29, 1.82) is 0 Å². The molecule has 1 saturated heterocycles. The Morgan fingerprint density at radius 3 is 2.33 bits per heavy atom. The number of rotatable bonds is 3. The molecular weight excluding hydrogens is 271 g/mol. The molecule has 21 heavy (non-hydrogen) atoms. The second-order valence-corrected chi connectivity index (χ2v) is 6.10. The molecule has 1 aliphatic rings. The number of hydrogen-bond donors (Lipinski definition) is 0. The van der Waals surface area contributed by atoms with Crippen molar-refractivity contribution in [3.63, 3.8) is 0 Å². The maximum atomic E-state index is 11.0. The Bertz CT molecular complexity index is 583. The second kappa shape index (κ2) is 5.24. The Morgan fingerprint density at radius 2 is 1.81 bits per heavy atom. The molecule has 112 valence electrons. The predicted molar refractivity (Wildman–Crippen MR) is 80.7 cm³/mol. The van der Waals surface area contributed by atoms with Crippen LogP contribution in [0.25, 0.3) is 6.08 Å². The fourth-order valence-electron chi connectivity index (χ4n) is 1.98. The van der Waals surface area contributed by atoms with Crippen LogP contribution in [0.3, 0.4) is 0 Å². The van der Waals surface area contributed by atoms with Crippen LogP contribution in [0.4, 0.5) is 5.69 Å². The van der Waals surface area contributed by atoms with E-state index in [9.17, 15) is 10.1 Å². The minimum absolute atomic E-state index is 0.0339. The summed E-state index contributed by atoms with van der Waals surface area (Å²) in [4.78, 5) is 14.7. The summed E-state index contributed by atoms with van der Waals surface area (Å²) in [6.45, 7) is 9.60. The van der Waals surface area contributed by atoms with Gasteiger partial charge in [-0.25, -0.2) is 4.98 Å². The lowest BCUT2D eigenvalue weighted by molar-refractivity contribution is -0.385. The van der Waals surface area contributed by atoms with E-state index in [0.29, 0.717) is 11.4 Å². The third kappa shape index (κ3) is 3.14. The Balaban J connectivity index is 2.24. The molecule has 1 aliphatic heterocycles. The van der Waals surface area contributed by atoms with Crippen molar-refractivity contribution in [2.75, 3.05) is 0 Å². The van der Waals surface area contributed by atoms with Crippen LogP contribution in [0.2, 0.25) is 0 Å². The van der Waals surface area contributed by atoms with Crippen LogP contribution in [0.15, 0.2) is 18.1 Å². The highest BCUT2D eigenvalue weighted by molar-refractivity contribution is 6.52. The van der Waals surface area contributed by atoms with Crippen LogP contribution < -0.4 is 0 Å². The summed E-state index contributed by atoms with van der Waals surface area (Å²) in [6.07, 6.45) is 1.58. The number of nitro groups is 1. The molecule has 0 unspecified atom stereocenters. The molecule has 6 nitrogen and oxygen atoms in total. The first kappa shape index (κ1) is 15.7. The maximum Gasteiger partial charge on any atom is 0.487 e. The minimum atomic E-state index is -0.545. The third-order valence-corrected chi connectivity index (χ3v) is 3.92. The van der Waals surface area contributed by atoms with E-state index in [-0.39, 0.29) is 5.69 Å². The summed E-state index contributed by atoms with van der Waals surface area (Å²) in [7, 11) is -0.545. The summed E-state index contributed by atoms with van der Waals surface area (Å²) >= 11 is 0. The van der Waals surface area contributed by atoms with Crippen molar-refractivity contribution in [2.45, 2.75) is 45.8 Å². The van der Waals surface area contributed by atoms with E-state index in [1.165, 1.54) is 6.07 Å².